The minimum absolute atomic E-state index is 0.0324. The topological polar surface area (TPSA) is 51.9 Å². The highest BCUT2D eigenvalue weighted by atomic mass is 16.1. The molecular formula is C24H22N4O. The Balaban J connectivity index is 1.52. The second-order valence-electron chi connectivity index (χ2n) is 7.34. The zero-order valence-corrected chi connectivity index (χ0v) is 16.0. The Bertz CT molecular complexity index is 1130. The SMILES string of the molecule is O=C(NC1CCCc2ccccc21)c1cnn(-c2ccccc2)c1-n1cccc1. The lowest BCUT2D eigenvalue weighted by Crippen LogP contribution is -2.31. The molecule has 1 aliphatic rings. The number of carbonyl (C=O) groups is 1. The summed E-state index contributed by atoms with van der Waals surface area (Å²) in [6, 6.07) is 22.2. The van der Waals surface area contributed by atoms with E-state index < -0.39 is 0 Å². The first-order chi connectivity index (χ1) is 14.3. The number of carbonyl (C=O) groups excluding carboxylic acids is 1. The molecule has 2 heterocycles. The number of amides is 1. The van der Waals surface area contributed by atoms with Crippen LogP contribution in [0, 0.1) is 0 Å². The van der Waals surface area contributed by atoms with Gasteiger partial charge >= 0.3 is 0 Å². The van der Waals surface area contributed by atoms with Crippen LogP contribution < -0.4 is 5.32 Å². The van der Waals surface area contributed by atoms with Crippen LogP contribution in [0.4, 0.5) is 0 Å². The predicted molar refractivity (Wildman–Crippen MR) is 112 cm³/mol. The minimum Gasteiger partial charge on any atom is -0.345 e. The number of hydrogen-bond donors (Lipinski definition) is 1. The lowest BCUT2D eigenvalue weighted by Gasteiger charge is -2.26. The van der Waals surface area contributed by atoms with E-state index in [0.717, 1.165) is 30.8 Å². The number of hydrogen-bond acceptors (Lipinski definition) is 2. The zero-order chi connectivity index (χ0) is 19.6. The summed E-state index contributed by atoms with van der Waals surface area (Å²) in [4.78, 5) is 13.3. The molecule has 5 nitrogen and oxygen atoms in total. The predicted octanol–water partition coefficient (Wildman–Crippen LogP) is 4.47. The number of rotatable bonds is 4. The first-order valence-electron chi connectivity index (χ1n) is 9.97. The number of fused-ring (bicyclic) bond motifs is 1. The third kappa shape index (κ3) is 3.25. The van der Waals surface area contributed by atoms with Gasteiger partial charge in [-0.05, 0) is 54.7 Å². The maximum absolute atomic E-state index is 13.3. The number of aromatic nitrogens is 3. The summed E-state index contributed by atoms with van der Waals surface area (Å²) in [5.41, 5.74) is 4.03. The highest BCUT2D eigenvalue weighted by molar-refractivity contribution is 5.97. The maximum atomic E-state index is 13.3. The molecule has 1 unspecified atom stereocenters. The van der Waals surface area contributed by atoms with Crippen molar-refractivity contribution in [3.05, 3.63) is 102 Å². The molecule has 2 aromatic carbocycles. The van der Waals surface area contributed by atoms with Crippen molar-refractivity contribution in [1.29, 1.82) is 0 Å². The number of benzene rings is 2. The van der Waals surface area contributed by atoms with Crippen molar-refractivity contribution in [2.24, 2.45) is 0 Å². The molecule has 2 aromatic heterocycles. The van der Waals surface area contributed by atoms with E-state index in [-0.39, 0.29) is 11.9 Å². The van der Waals surface area contributed by atoms with Gasteiger partial charge in [-0.2, -0.15) is 5.10 Å². The Labute approximate surface area is 169 Å². The summed E-state index contributed by atoms with van der Waals surface area (Å²) in [6.45, 7) is 0. The Morgan fingerprint density at radius 2 is 1.72 bits per heavy atom. The molecule has 0 aliphatic heterocycles. The van der Waals surface area contributed by atoms with Crippen molar-refractivity contribution in [1.82, 2.24) is 19.7 Å². The molecule has 1 aliphatic carbocycles. The fraction of sp³-hybridized carbons (Fsp3) is 0.167. The molecule has 0 saturated heterocycles. The lowest BCUT2D eigenvalue weighted by atomic mass is 9.87. The smallest absolute Gasteiger partial charge is 0.257 e. The highest BCUT2D eigenvalue weighted by Crippen LogP contribution is 2.30. The summed E-state index contributed by atoms with van der Waals surface area (Å²) >= 11 is 0. The summed E-state index contributed by atoms with van der Waals surface area (Å²) in [6.07, 6.45) is 8.63. The van der Waals surface area contributed by atoms with Crippen LogP contribution in [0.5, 0.6) is 0 Å². The molecule has 29 heavy (non-hydrogen) atoms. The third-order valence-corrected chi connectivity index (χ3v) is 5.51. The monoisotopic (exact) mass is 382 g/mol. The van der Waals surface area contributed by atoms with Gasteiger partial charge in [0.15, 0.2) is 5.82 Å². The van der Waals surface area contributed by atoms with Crippen molar-refractivity contribution >= 4 is 5.91 Å². The van der Waals surface area contributed by atoms with Crippen molar-refractivity contribution in [3.63, 3.8) is 0 Å². The Morgan fingerprint density at radius 3 is 2.55 bits per heavy atom. The van der Waals surface area contributed by atoms with Gasteiger partial charge < -0.3 is 9.88 Å². The van der Waals surface area contributed by atoms with Gasteiger partial charge in [-0.25, -0.2) is 4.68 Å². The van der Waals surface area contributed by atoms with Crippen LogP contribution in [-0.4, -0.2) is 20.3 Å². The number of nitrogens with one attached hydrogen (secondary N) is 1. The molecular weight excluding hydrogens is 360 g/mol. The van der Waals surface area contributed by atoms with E-state index in [4.69, 9.17) is 0 Å². The van der Waals surface area contributed by atoms with E-state index in [9.17, 15) is 4.79 Å². The van der Waals surface area contributed by atoms with Crippen LogP contribution in [0.15, 0.2) is 85.3 Å². The Kier molecular flexibility index (Phi) is 4.48. The molecule has 5 heteroatoms. The Hall–Kier alpha value is -3.60. The van der Waals surface area contributed by atoms with Crippen LogP contribution in [-0.2, 0) is 6.42 Å². The summed E-state index contributed by atoms with van der Waals surface area (Å²) in [5.74, 6) is 0.639. The molecule has 1 amide bonds. The Morgan fingerprint density at radius 1 is 0.966 bits per heavy atom. The quantitative estimate of drug-likeness (QED) is 0.566. The van der Waals surface area contributed by atoms with Crippen LogP contribution in [0.25, 0.3) is 11.5 Å². The fourth-order valence-electron chi connectivity index (χ4n) is 4.12. The molecule has 5 rings (SSSR count). The second-order valence-corrected chi connectivity index (χ2v) is 7.34. The molecule has 1 atom stereocenters. The largest absolute Gasteiger partial charge is 0.345 e. The molecule has 0 bridgehead atoms. The summed E-state index contributed by atoms with van der Waals surface area (Å²) in [5, 5.41) is 7.79. The molecule has 0 spiro atoms. The van der Waals surface area contributed by atoms with Gasteiger partial charge in [0, 0.05) is 12.4 Å². The van der Waals surface area contributed by atoms with Crippen molar-refractivity contribution in [2.45, 2.75) is 25.3 Å². The standard InChI is InChI=1S/C24H22N4O/c29-23(26-22-14-8-10-18-9-4-5-13-20(18)22)21-17-25-28(19-11-2-1-3-12-19)24(21)27-15-6-7-16-27/h1-7,9,11-13,15-17,22H,8,10,14H2,(H,26,29). The van der Waals surface area contributed by atoms with Gasteiger partial charge in [-0.1, -0.05) is 42.5 Å². The molecule has 0 fully saturated rings. The van der Waals surface area contributed by atoms with E-state index in [0.29, 0.717) is 5.56 Å². The lowest BCUT2D eigenvalue weighted by molar-refractivity contribution is 0.0932. The van der Waals surface area contributed by atoms with Gasteiger partial charge in [-0.3, -0.25) is 4.79 Å². The highest BCUT2D eigenvalue weighted by Gasteiger charge is 2.25. The average molecular weight is 382 g/mol. The maximum Gasteiger partial charge on any atom is 0.257 e. The molecule has 0 saturated carbocycles. The average Bonchev–Trinajstić information content (AvgIpc) is 3.44. The number of nitrogens with zero attached hydrogens (tertiary/aromatic N) is 3. The van der Waals surface area contributed by atoms with Gasteiger partial charge in [0.1, 0.15) is 5.56 Å². The third-order valence-electron chi connectivity index (χ3n) is 5.51. The van der Waals surface area contributed by atoms with E-state index in [2.05, 4.69) is 28.6 Å². The van der Waals surface area contributed by atoms with Crippen molar-refractivity contribution in [3.8, 4) is 11.5 Å². The first-order valence-corrected chi connectivity index (χ1v) is 9.97. The zero-order valence-electron chi connectivity index (χ0n) is 16.0. The van der Waals surface area contributed by atoms with Gasteiger partial charge in [0.25, 0.3) is 5.91 Å². The van der Waals surface area contributed by atoms with Crippen LogP contribution >= 0.6 is 0 Å². The number of para-hydroxylation sites is 1. The fourth-order valence-corrected chi connectivity index (χ4v) is 4.12. The molecule has 4 aromatic rings. The van der Waals surface area contributed by atoms with Crippen LogP contribution in [0.2, 0.25) is 0 Å². The van der Waals surface area contributed by atoms with Gasteiger partial charge in [0.05, 0.1) is 17.9 Å². The van der Waals surface area contributed by atoms with Crippen molar-refractivity contribution < 1.29 is 4.79 Å². The van der Waals surface area contributed by atoms with Crippen LogP contribution in [0.3, 0.4) is 0 Å². The molecule has 1 N–H and O–H groups in total. The van der Waals surface area contributed by atoms with Gasteiger partial charge in [0.2, 0.25) is 0 Å². The van der Waals surface area contributed by atoms with Crippen molar-refractivity contribution in [2.75, 3.05) is 0 Å². The normalized spacial score (nSPS) is 15.7. The summed E-state index contributed by atoms with van der Waals surface area (Å²) < 4.78 is 3.74. The minimum atomic E-state index is -0.0995. The van der Waals surface area contributed by atoms with E-state index >= 15 is 0 Å². The second kappa shape index (κ2) is 7.43. The van der Waals surface area contributed by atoms with E-state index in [1.165, 1.54) is 11.1 Å². The molecule has 0 radical (unpaired) electrons. The summed E-state index contributed by atoms with van der Waals surface area (Å²) in [7, 11) is 0. The van der Waals surface area contributed by atoms with Gasteiger partial charge in [-0.15, -0.1) is 0 Å². The van der Waals surface area contributed by atoms with Crippen LogP contribution in [0.1, 0.15) is 40.4 Å². The van der Waals surface area contributed by atoms with E-state index in [1.807, 2.05) is 70.2 Å². The first kappa shape index (κ1) is 17.5. The number of aryl methyl sites for hydroxylation is 1. The van der Waals surface area contributed by atoms with E-state index in [1.54, 1.807) is 6.20 Å². The molecule has 144 valence electrons.